The summed E-state index contributed by atoms with van der Waals surface area (Å²) >= 11 is 2.26. The number of nitrogens with zero attached hydrogens (tertiary/aromatic N) is 3. The molecule has 0 saturated heterocycles. The Bertz CT molecular complexity index is 859. The minimum atomic E-state index is -0.204. The molecule has 128 valence electrons. The minimum Gasteiger partial charge on any atom is -0.344 e. The maximum absolute atomic E-state index is 12.7. The number of nitrogens with one attached hydrogen (secondary N) is 1. The first-order valence-electron chi connectivity index (χ1n) is 8.03. The SMILES string of the molecule is C[C@H](NC(=O)c1nnn(C)c1Cc1ccccc1)c1ccc(I)cc1. The molecule has 0 radical (unpaired) electrons. The highest BCUT2D eigenvalue weighted by Crippen LogP contribution is 2.17. The van der Waals surface area contributed by atoms with Crippen LogP contribution < -0.4 is 5.32 Å². The largest absolute Gasteiger partial charge is 0.344 e. The maximum Gasteiger partial charge on any atom is 0.274 e. The Morgan fingerprint density at radius 1 is 1.16 bits per heavy atom. The second-order valence-corrected chi connectivity index (χ2v) is 7.16. The maximum atomic E-state index is 12.7. The van der Waals surface area contributed by atoms with Crippen LogP contribution in [0.25, 0.3) is 0 Å². The van der Waals surface area contributed by atoms with Gasteiger partial charge < -0.3 is 5.32 Å². The molecule has 5 nitrogen and oxygen atoms in total. The highest BCUT2D eigenvalue weighted by atomic mass is 127. The number of halogens is 1. The van der Waals surface area contributed by atoms with Gasteiger partial charge in [-0.3, -0.25) is 9.48 Å². The summed E-state index contributed by atoms with van der Waals surface area (Å²) in [6.07, 6.45) is 0.616. The number of aryl methyl sites for hydroxylation is 1. The predicted octanol–water partition coefficient (Wildman–Crippen LogP) is 3.50. The van der Waals surface area contributed by atoms with Crippen LogP contribution >= 0.6 is 22.6 Å². The van der Waals surface area contributed by atoms with E-state index >= 15 is 0 Å². The third-order valence-corrected chi connectivity index (χ3v) is 4.81. The molecule has 25 heavy (non-hydrogen) atoms. The molecule has 1 N–H and O–H groups in total. The third-order valence-electron chi connectivity index (χ3n) is 4.09. The van der Waals surface area contributed by atoms with Crippen molar-refractivity contribution in [1.82, 2.24) is 20.3 Å². The van der Waals surface area contributed by atoms with Gasteiger partial charge in [0.05, 0.1) is 11.7 Å². The van der Waals surface area contributed by atoms with Crippen LogP contribution in [-0.4, -0.2) is 20.9 Å². The summed E-state index contributed by atoms with van der Waals surface area (Å²) in [6, 6.07) is 18.0. The monoisotopic (exact) mass is 446 g/mol. The normalized spacial score (nSPS) is 12.0. The first kappa shape index (κ1) is 17.6. The lowest BCUT2D eigenvalue weighted by molar-refractivity contribution is 0.0934. The Hall–Kier alpha value is -2.22. The molecule has 2 aromatic carbocycles. The van der Waals surface area contributed by atoms with Crippen molar-refractivity contribution in [3.63, 3.8) is 0 Å². The molecule has 1 atom stereocenters. The molecule has 3 aromatic rings. The van der Waals surface area contributed by atoms with Crippen molar-refractivity contribution < 1.29 is 4.79 Å². The van der Waals surface area contributed by atoms with Crippen molar-refractivity contribution in [2.75, 3.05) is 0 Å². The zero-order chi connectivity index (χ0) is 17.8. The van der Waals surface area contributed by atoms with Gasteiger partial charge in [-0.2, -0.15) is 0 Å². The molecule has 0 bridgehead atoms. The Morgan fingerprint density at radius 2 is 1.84 bits per heavy atom. The van der Waals surface area contributed by atoms with Gasteiger partial charge in [-0.15, -0.1) is 5.10 Å². The zero-order valence-electron chi connectivity index (χ0n) is 14.1. The summed E-state index contributed by atoms with van der Waals surface area (Å²) < 4.78 is 2.83. The quantitative estimate of drug-likeness (QED) is 0.611. The molecule has 1 aromatic heterocycles. The molecule has 0 saturated carbocycles. The van der Waals surface area contributed by atoms with Crippen LogP contribution in [0.3, 0.4) is 0 Å². The average Bonchev–Trinajstić information content (AvgIpc) is 2.97. The fraction of sp³-hybridized carbons (Fsp3) is 0.211. The predicted molar refractivity (Wildman–Crippen MR) is 105 cm³/mol. The van der Waals surface area contributed by atoms with E-state index in [0.29, 0.717) is 12.1 Å². The molecule has 0 spiro atoms. The Labute approximate surface area is 160 Å². The molecular formula is C19H19IN4O. The van der Waals surface area contributed by atoms with E-state index in [4.69, 9.17) is 0 Å². The van der Waals surface area contributed by atoms with Crippen LogP contribution in [-0.2, 0) is 13.5 Å². The zero-order valence-corrected chi connectivity index (χ0v) is 16.3. The topological polar surface area (TPSA) is 59.8 Å². The van der Waals surface area contributed by atoms with Gasteiger partial charge in [0.1, 0.15) is 0 Å². The minimum absolute atomic E-state index is 0.101. The third kappa shape index (κ3) is 4.25. The molecule has 0 fully saturated rings. The van der Waals surface area contributed by atoms with Crippen molar-refractivity contribution in [2.24, 2.45) is 7.05 Å². The van der Waals surface area contributed by atoms with E-state index in [-0.39, 0.29) is 11.9 Å². The number of amides is 1. The second-order valence-electron chi connectivity index (χ2n) is 5.92. The van der Waals surface area contributed by atoms with Crippen molar-refractivity contribution in [1.29, 1.82) is 0 Å². The van der Waals surface area contributed by atoms with E-state index in [0.717, 1.165) is 16.8 Å². The molecule has 0 aliphatic rings. The van der Waals surface area contributed by atoms with Crippen LogP contribution in [0.4, 0.5) is 0 Å². The summed E-state index contributed by atoms with van der Waals surface area (Å²) in [5.41, 5.74) is 3.36. The highest BCUT2D eigenvalue weighted by molar-refractivity contribution is 14.1. The van der Waals surface area contributed by atoms with E-state index in [1.807, 2.05) is 68.6 Å². The van der Waals surface area contributed by atoms with Crippen LogP contribution in [0.15, 0.2) is 54.6 Å². The smallest absolute Gasteiger partial charge is 0.274 e. The first-order valence-corrected chi connectivity index (χ1v) is 9.11. The molecule has 3 rings (SSSR count). The molecule has 0 aliphatic heterocycles. The summed E-state index contributed by atoms with van der Waals surface area (Å²) in [7, 11) is 1.81. The first-order chi connectivity index (χ1) is 12.0. The number of hydrogen-bond donors (Lipinski definition) is 1. The summed E-state index contributed by atoms with van der Waals surface area (Å²) in [4.78, 5) is 12.7. The lowest BCUT2D eigenvalue weighted by atomic mass is 10.1. The highest BCUT2D eigenvalue weighted by Gasteiger charge is 2.20. The molecule has 6 heteroatoms. The fourth-order valence-corrected chi connectivity index (χ4v) is 3.00. The van der Waals surface area contributed by atoms with Gasteiger partial charge in [-0.05, 0) is 52.8 Å². The summed E-state index contributed by atoms with van der Waals surface area (Å²) in [5, 5.41) is 11.1. The molecule has 0 aliphatic carbocycles. The number of aromatic nitrogens is 3. The van der Waals surface area contributed by atoms with Crippen molar-refractivity contribution in [3.8, 4) is 0 Å². The summed E-state index contributed by atoms with van der Waals surface area (Å²) in [6.45, 7) is 1.97. The fourth-order valence-electron chi connectivity index (χ4n) is 2.64. The van der Waals surface area contributed by atoms with Crippen LogP contribution in [0, 0.1) is 3.57 Å². The van der Waals surface area contributed by atoms with Crippen molar-refractivity contribution >= 4 is 28.5 Å². The lowest BCUT2D eigenvalue weighted by Gasteiger charge is -2.14. The standard InChI is InChI=1S/C19H19IN4O/c1-13(15-8-10-16(20)11-9-15)21-19(25)18-17(24(2)23-22-18)12-14-6-4-3-5-7-14/h3-11,13H,12H2,1-2H3,(H,21,25)/t13-/m0/s1. The van der Waals surface area contributed by atoms with Gasteiger partial charge in [0.2, 0.25) is 0 Å². The van der Waals surface area contributed by atoms with Gasteiger partial charge in [-0.25, -0.2) is 0 Å². The van der Waals surface area contributed by atoms with Gasteiger partial charge in [0, 0.05) is 17.0 Å². The van der Waals surface area contributed by atoms with Gasteiger partial charge in [0.25, 0.3) is 5.91 Å². The van der Waals surface area contributed by atoms with Crippen LogP contribution in [0.2, 0.25) is 0 Å². The second kappa shape index (κ2) is 7.77. The van der Waals surface area contributed by atoms with Gasteiger partial charge in [0.15, 0.2) is 5.69 Å². The number of benzene rings is 2. The number of carbonyl (C=O) groups is 1. The van der Waals surface area contributed by atoms with Crippen LogP contribution in [0.1, 0.15) is 40.3 Å². The van der Waals surface area contributed by atoms with E-state index in [2.05, 4.69) is 38.2 Å². The lowest BCUT2D eigenvalue weighted by Crippen LogP contribution is -2.28. The Kier molecular flexibility index (Phi) is 5.47. The number of carbonyl (C=O) groups excluding carboxylic acids is 1. The van der Waals surface area contributed by atoms with Crippen LogP contribution in [0.5, 0.6) is 0 Å². The van der Waals surface area contributed by atoms with E-state index in [1.54, 1.807) is 4.68 Å². The molecule has 0 unspecified atom stereocenters. The molecule has 1 heterocycles. The summed E-state index contributed by atoms with van der Waals surface area (Å²) in [5.74, 6) is -0.204. The van der Waals surface area contributed by atoms with Gasteiger partial charge in [-0.1, -0.05) is 47.7 Å². The average molecular weight is 446 g/mol. The van der Waals surface area contributed by atoms with Crippen molar-refractivity contribution in [2.45, 2.75) is 19.4 Å². The van der Waals surface area contributed by atoms with E-state index in [9.17, 15) is 4.79 Å². The van der Waals surface area contributed by atoms with Gasteiger partial charge >= 0.3 is 0 Å². The Balaban J connectivity index is 1.77. The Morgan fingerprint density at radius 3 is 2.52 bits per heavy atom. The van der Waals surface area contributed by atoms with E-state index < -0.39 is 0 Å². The van der Waals surface area contributed by atoms with Crippen molar-refractivity contribution in [3.05, 3.63) is 80.7 Å². The number of rotatable bonds is 5. The van der Waals surface area contributed by atoms with E-state index in [1.165, 1.54) is 3.57 Å². The molecule has 1 amide bonds. The molecular weight excluding hydrogens is 427 g/mol. The number of hydrogen-bond acceptors (Lipinski definition) is 3.